The molecule has 1 unspecified atom stereocenters. The van der Waals surface area contributed by atoms with E-state index in [1.54, 1.807) is 0 Å². The first-order valence-corrected chi connectivity index (χ1v) is 9.18. The summed E-state index contributed by atoms with van der Waals surface area (Å²) in [5, 5.41) is 10.2. The van der Waals surface area contributed by atoms with Crippen LogP contribution in [0.4, 0.5) is 10.5 Å². The topological polar surface area (TPSA) is 57.9 Å². The smallest absolute Gasteiger partial charge is 0.449 e. The number of fused-ring (bicyclic) bond motifs is 7. The van der Waals surface area contributed by atoms with Crippen LogP contribution in [0.1, 0.15) is 17.3 Å². The highest BCUT2D eigenvalue weighted by Crippen LogP contribution is 2.45. The van der Waals surface area contributed by atoms with Crippen molar-refractivity contribution < 1.29 is 14.6 Å². The largest absolute Gasteiger partial charge is 0.511 e. The van der Waals surface area contributed by atoms with Crippen LogP contribution in [0.25, 0.3) is 10.9 Å². The number of nitrogens with zero attached hydrogens (tertiary/aromatic N) is 3. The van der Waals surface area contributed by atoms with Crippen molar-refractivity contribution >= 4 is 22.7 Å². The first-order chi connectivity index (χ1) is 13.1. The van der Waals surface area contributed by atoms with E-state index in [2.05, 4.69) is 45.7 Å². The monoisotopic (exact) mass is 363 g/mol. The molecule has 1 atom stereocenters. The van der Waals surface area contributed by atoms with Crippen molar-refractivity contribution in [2.45, 2.75) is 12.6 Å². The molecule has 27 heavy (non-hydrogen) atoms. The molecule has 3 aromatic rings. The van der Waals surface area contributed by atoms with Crippen LogP contribution in [0, 0.1) is 0 Å². The zero-order valence-electron chi connectivity index (χ0n) is 15.1. The molecule has 0 radical (unpaired) electrons. The Hall–Kier alpha value is -2.99. The second-order valence-corrected chi connectivity index (χ2v) is 7.29. The molecule has 1 aromatic heterocycles. The Balaban J connectivity index is 1.82. The van der Waals surface area contributed by atoms with Gasteiger partial charge in [-0.25, -0.2) is 4.79 Å². The molecule has 5 rings (SSSR count). The van der Waals surface area contributed by atoms with Gasteiger partial charge >= 0.3 is 6.16 Å². The number of rotatable bonds is 1. The van der Waals surface area contributed by atoms with Crippen LogP contribution in [0.2, 0.25) is 0 Å². The molecule has 0 spiro atoms. The molecule has 0 saturated carbocycles. The van der Waals surface area contributed by atoms with E-state index in [1.807, 2.05) is 24.3 Å². The molecule has 2 aromatic carbocycles. The van der Waals surface area contributed by atoms with Crippen molar-refractivity contribution in [3.63, 3.8) is 0 Å². The molecule has 0 amide bonds. The highest BCUT2D eigenvalue weighted by molar-refractivity contribution is 5.91. The van der Waals surface area contributed by atoms with Crippen LogP contribution in [0.15, 0.2) is 48.5 Å². The number of anilines is 1. The minimum Gasteiger partial charge on any atom is -0.449 e. The summed E-state index contributed by atoms with van der Waals surface area (Å²) in [4.78, 5) is 16.2. The van der Waals surface area contributed by atoms with Crippen LogP contribution in [0.5, 0.6) is 5.75 Å². The van der Waals surface area contributed by atoms with E-state index in [-0.39, 0.29) is 6.04 Å². The van der Waals surface area contributed by atoms with E-state index in [1.165, 1.54) is 11.3 Å². The lowest BCUT2D eigenvalue weighted by atomic mass is 10.1. The van der Waals surface area contributed by atoms with Crippen LogP contribution in [0.3, 0.4) is 0 Å². The van der Waals surface area contributed by atoms with Gasteiger partial charge in [-0.1, -0.05) is 30.3 Å². The Kier molecular flexibility index (Phi) is 3.62. The van der Waals surface area contributed by atoms with Crippen LogP contribution >= 0.6 is 0 Å². The summed E-state index contributed by atoms with van der Waals surface area (Å²) in [7, 11) is 2.11. The van der Waals surface area contributed by atoms with E-state index >= 15 is 0 Å². The molecular weight excluding hydrogens is 342 g/mol. The fraction of sp³-hybridized carbons (Fsp3) is 0.286. The van der Waals surface area contributed by atoms with Crippen molar-refractivity contribution in [1.29, 1.82) is 0 Å². The second-order valence-electron chi connectivity index (χ2n) is 7.29. The second kappa shape index (κ2) is 6.03. The lowest BCUT2D eigenvalue weighted by Gasteiger charge is -2.41. The Morgan fingerprint density at radius 3 is 2.74 bits per heavy atom. The number of ether oxygens (including phenoxy) is 1. The molecule has 6 nitrogen and oxygen atoms in total. The van der Waals surface area contributed by atoms with Gasteiger partial charge in [-0.3, -0.25) is 0 Å². The molecule has 0 aliphatic carbocycles. The number of carboxylic acid groups (broad SMARTS) is 1. The third-order valence-corrected chi connectivity index (χ3v) is 5.68. The SMILES string of the molecule is CN1CCN2c3ccccc3Cn3c(c(OC(=O)O)c4ccccc43)C2C1. The molecule has 1 saturated heterocycles. The predicted molar refractivity (Wildman–Crippen MR) is 104 cm³/mol. The fourth-order valence-electron chi connectivity index (χ4n) is 4.52. The number of carbonyl (C=O) groups is 1. The zero-order chi connectivity index (χ0) is 18.5. The van der Waals surface area contributed by atoms with Crippen molar-refractivity contribution in [2.75, 3.05) is 31.6 Å². The quantitative estimate of drug-likeness (QED) is 0.670. The molecule has 138 valence electrons. The van der Waals surface area contributed by atoms with E-state index in [9.17, 15) is 9.90 Å². The summed E-state index contributed by atoms with van der Waals surface area (Å²) in [6.45, 7) is 3.39. The van der Waals surface area contributed by atoms with Crippen LogP contribution < -0.4 is 9.64 Å². The number of piperazine rings is 1. The van der Waals surface area contributed by atoms with Gasteiger partial charge in [-0.2, -0.15) is 0 Å². The van der Waals surface area contributed by atoms with Crippen LogP contribution in [-0.4, -0.2) is 47.4 Å². The highest BCUT2D eigenvalue weighted by atomic mass is 16.7. The Morgan fingerprint density at radius 2 is 1.89 bits per heavy atom. The maximum Gasteiger partial charge on any atom is 0.511 e. The number of aromatic nitrogens is 1. The van der Waals surface area contributed by atoms with Crippen molar-refractivity contribution in [1.82, 2.24) is 9.47 Å². The number of hydrogen-bond donors (Lipinski definition) is 1. The lowest BCUT2D eigenvalue weighted by Crippen LogP contribution is -2.47. The van der Waals surface area contributed by atoms with Gasteiger partial charge in [-0.15, -0.1) is 0 Å². The molecule has 2 aliphatic rings. The predicted octanol–water partition coefficient (Wildman–Crippen LogP) is 3.55. The first kappa shape index (κ1) is 16.2. The molecule has 2 aliphatic heterocycles. The Bertz CT molecular complexity index is 1040. The molecule has 3 heterocycles. The summed E-state index contributed by atoms with van der Waals surface area (Å²) < 4.78 is 7.59. The van der Waals surface area contributed by atoms with Crippen LogP contribution in [-0.2, 0) is 6.54 Å². The number of hydrogen-bond acceptors (Lipinski definition) is 4. The van der Waals surface area contributed by atoms with Gasteiger partial charge in [0.2, 0.25) is 0 Å². The normalized spacial score (nSPS) is 19.1. The highest BCUT2D eigenvalue weighted by Gasteiger charge is 2.37. The summed E-state index contributed by atoms with van der Waals surface area (Å²) in [5.74, 6) is 0.469. The average molecular weight is 363 g/mol. The van der Waals surface area contributed by atoms with E-state index in [0.717, 1.165) is 36.2 Å². The Labute approximate surface area is 157 Å². The number of para-hydroxylation sites is 2. The van der Waals surface area contributed by atoms with E-state index < -0.39 is 6.16 Å². The number of likely N-dealkylation sites (N-methyl/N-ethyl adjacent to an activating group) is 1. The maximum atomic E-state index is 11.5. The summed E-state index contributed by atoms with van der Waals surface area (Å²) in [6, 6.07) is 16.4. The van der Waals surface area contributed by atoms with Gasteiger partial charge in [0.05, 0.1) is 23.8 Å². The van der Waals surface area contributed by atoms with Crippen molar-refractivity contribution in [3.8, 4) is 5.75 Å². The summed E-state index contributed by atoms with van der Waals surface area (Å²) in [6.07, 6.45) is -1.27. The van der Waals surface area contributed by atoms with Gasteiger partial charge < -0.3 is 24.2 Å². The fourth-order valence-corrected chi connectivity index (χ4v) is 4.52. The summed E-state index contributed by atoms with van der Waals surface area (Å²) >= 11 is 0. The number of benzene rings is 2. The molecule has 1 N–H and O–H groups in total. The van der Waals surface area contributed by atoms with Gasteiger partial charge in [0.1, 0.15) is 0 Å². The third-order valence-electron chi connectivity index (χ3n) is 5.68. The Morgan fingerprint density at radius 1 is 1.11 bits per heavy atom. The third kappa shape index (κ3) is 2.48. The minimum atomic E-state index is -1.27. The molecular formula is C21H21N3O3. The van der Waals surface area contributed by atoms with Gasteiger partial charge in [0, 0.05) is 30.7 Å². The summed E-state index contributed by atoms with van der Waals surface area (Å²) in [5.41, 5.74) is 4.42. The zero-order valence-corrected chi connectivity index (χ0v) is 15.1. The maximum absolute atomic E-state index is 11.5. The van der Waals surface area contributed by atoms with E-state index in [4.69, 9.17) is 4.74 Å². The molecule has 6 heteroatoms. The first-order valence-electron chi connectivity index (χ1n) is 9.18. The lowest BCUT2D eigenvalue weighted by molar-refractivity contribution is 0.144. The van der Waals surface area contributed by atoms with Gasteiger partial charge in [0.25, 0.3) is 0 Å². The van der Waals surface area contributed by atoms with Gasteiger partial charge in [-0.05, 0) is 30.8 Å². The van der Waals surface area contributed by atoms with E-state index in [0.29, 0.717) is 12.3 Å². The van der Waals surface area contributed by atoms with Crippen molar-refractivity contribution in [3.05, 3.63) is 59.8 Å². The average Bonchev–Trinajstić information content (AvgIpc) is 2.87. The van der Waals surface area contributed by atoms with Gasteiger partial charge in [0.15, 0.2) is 5.75 Å². The molecule has 1 fully saturated rings. The standard InChI is InChI=1S/C21H21N3O3/c1-22-10-11-23-16-8-4-2-6-14(16)12-24-17-9-5-3-7-15(17)20(27-21(25)26)19(24)18(23)13-22/h2-9,18H,10-13H2,1H3,(H,25,26). The molecule has 0 bridgehead atoms. The minimum absolute atomic E-state index is 0.0362. The van der Waals surface area contributed by atoms with Crippen molar-refractivity contribution in [2.24, 2.45) is 0 Å².